The Balaban J connectivity index is 1.78. The number of ether oxygens (including phenoxy) is 1. The van der Waals surface area contributed by atoms with Gasteiger partial charge in [-0.05, 0) is 31.5 Å². The number of amides is 1. The van der Waals surface area contributed by atoms with Crippen molar-refractivity contribution in [1.82, 2.24) is 15.0 Å². The Labute approximate surface area is 126 Å². The average molecular weight is 305 g/mol. The number of benzene rings is 1. The second kappa shape index (κ2) is 5.75. The Hall–Kier alpha value is -2.44. The standard InChI is InChI=1S/C15H16FN3O3/c1-9-17-14(22-18-9)10-5-6-19(8-10)15(20)12-7-11(16)3-4-13(12)21-2/h3-4,7,10H,5-6,8H2,1-2H3/t10-/m1/s1. The summed E-state index contributed by atoms with van der Waals surface area (Å²) in [5, 5.41) is 3.77. The first-order valence-electron chi connectivity index (χ1n) is 7.01. The minimum absolute atomic E-state index is 0.0182. The van der Waals surface area contributed by atoms with Gasteiger partial charge in [0.05, 0.1) is 18.6 Å². The Bertz CT molecular complexity index is 701. The van der Waals surface area contributed by atoms with Crippen molar-refractivity contribution in [3.05, 3.63) is 41.3 Å². The van der Waals surface area contributed by atoms with Crippen molar-refractivity contribution in [1.29, 1.82) is 0 Å². The molecule has 1 fully saturated rings. The van der Waals surface area contributed by atoms with Gasteiger partial charge in [0, 0.05) is 13.1 Å². The summed E-state index contributed by atoms with van der Waals surface area (Å²) >= 11 is 0. The number of halogens is 1. The molecule has 1 aliphatic heterocycles. The molecule has 0 bridgehead atoms. The molecular weight excluding hydrogens is 289 g/mol. The number of aromatic nitrogens is 2. The monoisotopic (exact) mass is 305 g/mol. The van der Waals surface area contributed by atoms with Gasteiger partial charge in [0.25, 0.3) is 5.91 Å². The molecule has 22 heavy (non-hydrogen) atoms. The lowest BCUT2D eigenvalue weighted by Crippen LogP contribution is -2.29. The summed E-state index contributed by atoms with van der Waals surface area (Å²) in [6.07, 6.45) is 0.741. The molecule has 1 aromatic heterocycles. The lowest BCUT2D eigenvalue weighted by Gasteiger charge is -2.17. The highest BCUT2D eigenvalue weighted by molar-refractivity contribution is 5.97. The number of carbonyl (C=O) groups is 1. The van der Waals surface area contributed by atoms with Crippen LogP contribution in [-0.2, 0) is 0 Å². The van der Waals surface area contributed by atoms with Crippen LogP contribution in [0.25, 0.3) is 0 Å². The SMILES string of the molecule is COc1ccc(F)cc1C(=O)N1CC[C@@H](c2nc(C)no2)C1. The summed E-state index contributed by atoms with van der Waals surface area (Å²) in [4.78, 5) is 18.4. The van der Waals surface area contributed by atoms with Gasteiger partial charge in [-0.2, -0.15) is 4.98 Å². The molecule has 0 saturated carbocycles. The predicted molar refractivity (Wildman–Crippen MR) is 75.2 cm³/mol. The van der Waals surface area contributed by atoms with Crippen LogP contribution >= 0.6 is 0 Å². The highest BCUT2D eigenvalue weighted by Gasteiger charge is 2.32. The Morgan fingerprint density at radius 3 is 3.00 bits per heavy atom. The fraction of sp³-hybridized carbons (Fsp3) is 0.400. The van der Waals surface area contributed by atoms with Gasteiger partial charge < -0.3 is 14.2 Å². The van der Waals surface area contributed by atoms with Crippen LogP contribution in [0.3, 0.4) is 0 Å². The van der Waals surface area contributed by atoms with E-state index in [1.54, 1.807) is 11.8 Å². The molecule has 0 N–H and O–H groups in total. The van der Waals surface area contributed by atoms with E-state index in [0.29, 0.717) is 30.6 Å². The normalized spacial score (nSPS) is 17.8. The van der Waals surface area contributed by atoms with Crippen molar-refractivity contribution < 1.29 is 18.4 Å². The molecule has 3 rings (SSSR count). The van der Waals surface area contributed by atoms with E-state index < -0.39 is 5.82 Å². The first-order valence-corrected chi connectivity index (χ1v) is 7.01. The molecule has 2 heterocycles. The highest BCUT2D eigenvalue weighted by Crippen LogP contribution is 2.29. The zero-order chi connectivity index (χ0) is 15.7. The second-order valence-corrected chi connectivity index (χ2v) is 5.26. The summed E-state index contributed by atoms with van der Waals surface area (Å²) < 4.78 is 23.7. The van der Waals surface area contributed by atoms with Gasteiger partial charge in [-0.3, -0.25) is 4.79 Å². The van der Waals surface area contributed by atoms with Crippen LogP contribution in [0.2, 0.25) is 0 Å². The van der Waals surface area contributed by atoms with E-state index in [4.69, 9.17) is 9.26 Å². The minimum atomic E-state index is -0.465. The van der Waals surface area contributed by atoms with Crippen LogP contribution in [0.5, 0.6) is 5.75 Å². The fourth-order valence-corrected chi connectivity index (χ4v) is 2.64. The van der Waals surface area contributed by atoms with Crippen molar-refractivity contribution in [3.63, 3.8) is 0 Å². The molecule has 7 heteroatoms. The zero-order valence-electron chi connectivity index (χ0n) is 12.4. The van der Waals surface area contributed by atoms with Crippen LogP contribution in [0, 0.1) is 12.7 Å². The average Bonchev–Trinajstić information content (AvgIpc) is 3.15. The molecule has 1 aromatic carbocycles. The molecule has 1 aliphatic rings. The topological polar surface area (TPSA) is 68.5 Å². The van der Waals surface area contributed by atoms with Crippen LogP contribution in [0.4, 0.5) is 4.39 Å². The van der Waals surface area contributed by atoms with E-state index in [2.05, 4.69) is 10.1 Å². The summed E-state index contributed by atoms with van der Waals surface area (Å²) in [5.74, 6) is 0.779. The van der Waals surface area contributed by atoms with E-state index in [1.165, 1.54) is 25.3 Å². The molecular formula is C15H16FN3O3. The molecule has 0 spiro atoms. The van der Waals surface area contributed by atoms with Crippen molar-refractivity contribution in [2.24, 2.45) is 0 Å². The maximum atomic E-state index is 13.4. The third-order valence-electron chi connectivity index (χ3n) is 3.76. The third kappa shape index (κ3) is 2.66. The van der Waals surface area contributed by atoms with Crippen molar-refractivity contribution in [2.75, 3.05) is 20.2 Å². The van der Waals surface area contributed by atoms with Gasteiger partial charge in [-0.1, -0.05) is 5.16 Å². The summed E-state index contributed by atoms with van der Waals surface area (Å²) in [6, 6.07) is 3.92. The smallest absolute Gasteiger partial charge is 0.257 e. The molecule has 1 saturated heterocycles. The number of rotatable bonds is 3. The maximum Gasteiger partial charge on any atom is 0.257 e. The molecule has 0 radical (unpaired) electrons. The van der Waals surface area contributed by atoms with E-state index in [1.807, 2.05) is 0 Å². The first kappa shape index (κ1) is 14.5. The maximum absolute atomic E-state index is 13.4. The predicted octanol–water partition coefficient (Wildman–Crippen LogP) is 2.16. The number of aryl methyl sites for hydroxylation is 1. The van der Waals surface area contributed by atoms with Gasteiger partial charge >= 0.3 is 0 Å². The van der Waals surface area contributed by atoms with Gasteiger partial charge in [0.1, 0.15) is 11.6 Å². The number of carbonyl (C=O) groups excluding carboxylic acids is 1. The molecule has 2 aromatic rings. The lowest BCUT2D eigenvalue weighted by atomic mass is 10.1. The quantitative estimate of drug-likeness (QED) is 0.869. The molecule has 0 unspecified atom stereocenters. The van der Waals surface area contributed by atoms with Crippen LogP contribution in [0.15, 0.2) is 22.7 Å². The Kier molecular flexibility index (Phi) is 3.79. The summed E-state index contributed by atoms with van der Waals surface area (Å²) in [7, 11) is 1.46. The van der Waals surface area contributed by atoms with Gasteiger partial charge in [0.2, 0.25) is 5.89 Å². The number of hydrogen-bond donors (Lipinski definition) is 0. The van der Waals surface area contributed by atoms with E-state index in [0.717, 1.165) is 6.42 Å². The fourth-order valence-electron chi connectivity index (χ4n) is 2.64. The van der Waals surface area contributed by atoms with Gasteiger partial charge in [0.15, 0.2) is 5.82 Å². The number of methoxy groups -OCH3 is 1. The molecule has 116 valence electrons. The summed E-state index contributed by atoms with van der Waals surface area (Å²) in [6.45, 7) is 2.78. The molecule has 6 nitrogen and oxygen atoms in total. The van der Waals surface area contributed by atoms with Gasteiger partial charge in [-0.25, -0.2) is 4.39 Å². The van der Waals surface area contributed by atoms with E-state index >= 15 is 0 Å². The van der Waals surface area contributed by atoms with Crippen LogP contribution in [0.1, 0.15) is 34.4 Å². The van der Waals surface area contributed by atoms with Crippen molar-refractivity contribution in [2.45, 2.75) is 19.3 Å². The van der Waals surface area contributed by atoms with Crippen LogP contribution in [-0.4, -0.2) is 41.1 Å². The number of hydrogen-bond acceptors (Lipinski definition) is 5. The molecule has 1 atom stereocenters. The van der Waals surface area contributed by atoms with Crippen LogP contribution < -0.4 is 4.74 Å². The third-order valence-corrected chi connectivity index (χ3v) is 3.76. The highest BCUT2D eigenvalue weighted by atomic mass is 19.1. The second-order valence-electron chi connectivity index (χ2n) is 5.26. The van der Waals surface area contributed by atoms with Gasteiger partial charge in [-0.15, -0.1) is 0 Å². The zero-order valence-corrected chi connectivity index (χ0v) is 12.4. The van der Waals surface area contributed by atoms with E-state index in [-0.39, 0.29) is 17.4 Å². The molecule has 1 amide bonds. The first-order chi connectivity index (χ1) is 10.6. The number of likely N-dealkylation sites (tertiary alicyclic amines) is 1. The lowest BCUT2D eigenvalue weighted by molar-refractivity contribution is 0.0785. The Morgan fingerprint density at radius 1 is 1.50 bits per heavy atom. The Morgan fingerprint density at radius 2 is 2.32 bits per heavy atom. The summed E-state index contributed by atoms with van der Waals surface area (Å²) in [5.41, 5.74) is 0.227. The minimum Gasteiger partial charge on any atom is -0.496 e. The molecule has 0 aliphatic carbocycles. The van der Waals surface area contributed by atoms with Crippen molar-refractivity contribution in [3.8, 4) is 5.75 Å². The van der Waals surface area contributed by atoms with Crippen molar-refractivity contribution >= 4 is 5.91 Å². The van der Waals surface area contributed by atoms with E-state index in [9.17, 15) is 9.18 Å². The largest absolute Gasteiger partial charge is 0.496 e. The number of nitrogens with zero attached hydrogens (tertiary/aromatic N) is 3.